The first-order chi connectivity index (χ1) is 11.1. The Kier molecular flexibility index (Phi) is 4.15. The summed E-state index contributed by atoms with van der Waals surface area (Å²) in [6.07, 6.45) is 0. The van der Waals surface area contributed by atoms with E-state index in [1.54, 1.807) is 36.4 Å². The van der Waals surface area contributed by atoms with Gasteiger partial charge in [0.25, 0.3) is 0 Å². The minimum atomic E-state index is -0.273. The normalized spacial score (nSPS) is 10.3. The molecule has 0 amide bonds. The Balaban J connectivity index is 1.83. The van der Waals surface area contributed by atoms with Gasteiger partial charge in [-0.2, -0.15) is 0 Å². The molecule has 0 saturated heterocycles. The molecule has 112 valence electrons. The SMILES string of the molecule is C=C(c1ccc(F)cc1)c1ccc(C(=O)c2ccccc2)cc1. The monoisotopic (exact) mass is 302 g/mol. The Bertz CT molecular complexity index is 831. The molecule has 0 aliphatic carbocycles. The van der Waals surface area contributed by atoms with Gasteiger partial charge in [0.1, 0.15) is 5.82 Å². The van der Waals surface area contributed by atoms with E-state index in [4.69, 9.17) is 0 Å². The van der Waals surface area contributed by atoms with E-state index >= 15 is 0 Å². The van der Waals surface area contributed by atoms with E-state index in [-0.39, 0.29) is 11.6 Å². The number of ketones is 1. The van der Waals surface area contributed by atoms with Crippen LogP contribution in [0.25, 0.3) is 5.57 Å². The maximum absolute atomic E-state index is 13.0. The summed E-state index contributed by atoms with van der Waals surface area (Å²) >= 11 is 0. The van der Waals surface area contributed by atoms with Crippen molar-refractivity contribution < 1.29 is 9.18 Å². The second kappa shape index (κ2) is 6.41. The van der Waals surface area contributed by atoms with Crippen molar-refractivity contribution in [1.29, 1.82) is 0 Å². The summed E-state index contributed by atoms with van der Waals surface area (Å²) in [6, 6.07) is 22.7. The third kappa shape index (κ3) is 3.27. The smallest absolute Gasteiger partial charge is 0.193 e. The van der Waals surface area contributed by atoms with Gasteiger partial charge >= 0.3 is 0 Å². The van der Waals surface area contributed by atoms with Gasteiger partial charge in [0.05, 0.1) is 0 Å². The number of carbonyl (C=O) groups is 1. The van der Waals surface area contributed by atoms with Crippen LogP contribution in [0, 0.1) is 5.82 Å². The fourth-order valence-corrected chi connectivity index (χ4v) is 2.40. The maximum atomic E-state index is 13.0. The summed E-state index contributed by atoms with van der Waals surface area (Å²) < 4.78 is 13.0. The summed E-state index contributed by atoms with van der Waals surface area (Å²) in [5.41, 5.74) is 3.85. The van der Waals surface area contributed by atoms with Gasteiger partial charge < -0.3 is 0 Å². The molecule has 23 heavy (non-hydrogen) atoms. The van der Waals surface area contributed by atoms with Gasteiger partial charge in [0.15, 0.2) is 5.78 Å². The van der Waals surface area contributed by atoms with Crippen molar-refractivity contribution in [2.75, 3.05) is 0 Å². The molecule has 1 nitrogen and oxygen atoms in total. The molecule has 3 rings (SSSR count). The zero-order valence-corrected chi connectivity index (χ0v) is 12.5. The summed E-state index contributed by atoms with van der Waals surface area (Å²) in [5.74, 6) is -0.282. The van der Waals surface area contributed by atoms with Crippen molar-refractivity contribution in [3.8, 4) is 0 Å². The average molecular weight is 302 g/mol. The summed E-state index contributed by atoms with van der Waals surface area (Å²) in [4.78, 5) is 12.4. The highest BCUT2D eigenvalue weighted by atomic mass is 19.1. The molecule has 0 N–H and O–H groups in total. The molecule has 0 fully saturated rings. The van der Waals surface area contributed by atoms with Gasteiger partial charge in [-0.3, -0.25) is 4.79 Å². The first kappa shape index (κ1) is 14.9. The zero-order chi connectivity index (χ0) is 16.2. The van der Waals surface area contributed by atoms with Crippen LogP contribution in [-0.2, 0) is 0 Å². The number of halogens is 1. The molecule has 0 aliphatic rings. The highest BCUT2D eigenvalue weighted by molar-refractivity contribution is 6.09. The van der Waals surface area contributed by atoms with E-state index in [0.717, 1.165) is 16.7 Å². The van der Waals surface area contributed by atoms with Crippen LogP contribution in [0.3, 0.4) is 0 Å². The maximum Gasteiger partial charge on any atom is 0.193 e. The van der Waals surface area contributed by atoms with Crippen molar-refractivity contribution in [2.45, 2.75) is 0 Å². The molecule has 0 radical (unpaired) electrons. The number of hydrogen-bond donors (Lipinski definition) is 0. The molecule has 0 atom stereocenters. The zero-order valence-electron chi connectivity index (χ0n) is 12.5. The molecule has 0 heterocycles. The van der Waals surface area contributed by atoms with E-state index in [2.05, 4.69) is 6.58 Å². The number of hydrogen-bond acceptors (Lipinski definition) is 1. The first-order valence-electron chi connectivity index (χ1n) is 7.30. The van der Waals surface area contributed by atoms with Crippen LogP contribution < -0.4 is 0 Å². The second-order valence-corrected chi connectivity index (χ2v) is 5.26. The van der Waals surface area contributed by atoms with Crippen molar-refractivity contribution in [1.82, 2.24) is 0 Å². The molecule has 0 unspecified atom stereocenters. The van der Waals surface area contributed by atoms with Gasteiger partial charge in [0, 0.05) is 11.1 Å². The minimum Gasteiger partial charge on any atom is -0.289 e. The Labute approximate surface area is 134 Å². The summed E-state index contributed by atoms with van der Waals surface area (Å²) in [7, 11) is 0. The molecule has 0 spiro atoms. The van der Waals surface area contributed by atoms with Crippen molar-refractivity contribution in [3.05, 3.63) is 114 Å². The average Bonchev–Trinajstić information content (AvgIpc) is 2.62. The third-order valence-corrected chi connectivity index (χ3v) is 3.72. The molecule has 3 aromatic carbocycles. The van der Waals surface area contributed by atoms with Crippen LogP contribution >= 0.6 is 0 Å². The highest BCUT2D eigenvalue weighted by Gasteiger charge is 2.09. The van der Waals surface area contributed by atoms with Gasteiger partial charge in [-0.1, -0.05) is 73.3 Å². The first-order valence-corrected chi connectivity index (χ1v) is 7.30. The molecule has 0 aliphatic heterocycles. The topological polar surface area (TPSA) is 17.1 Å². The molecule has 2 heteroatoms. The van der Waals surface area contributed by atoms with E-state index < -0.39 is 0 Å². The van der Waals surface area contributed by atoms with E-state index in [1.165, 1.54) is 12.1 Å². The van der Waals surface area contributed by atoms with E-state index in [0.29, 0.717) is 11.1 Å². The van der Waals surface area contributed by atoms with Crippen LogP contribution in [0.2, 0.25) is 0 Å². The second-order valence-electron chi connectivity index (χ2n) is 5.26. The lowest BCUT2D eigenvalue weighted by Crippen LogP contribution is -2.00. The van der Waals surface area contributed by atoms with Gasteiger partial charge in [-0.15, -0.1) is 0 Å². The molecule has 0 aromatic heterocycles. The summed E-state index contributed by atoms with van der Waals surface area (Å²) in [6.45, 7) is 4.05. The highest BCUT2D eigenvalue weighted by Crippen LogP contribution is 2.22. The van der Waals surface area contributed by atoms with Crippen LogP contribution in [0.4, 0.5) is 4.39 Å². The molecule has 3 aromatic rings. The largest absolute Gasteiger partial charge is 0.289 e. The van der Waals surface area contributed by atoms with Gasteiger partial charge in [-0.05, 0) is 28.8 Å². The standard InChI is InChI=1S/C21H15FO/c1-15(17-11-13-20(22)14-12-17)16-7-9-19(10-8-16)21(23)18-5-3-2-4-6-18/h2-14H,1H2. The predicted octanol–water partition coefficient (Wildman–Crippen LogP) is 5.12. The number of benzene rings is 3. The lowest BCUT2D eigenvalue weighted by molar-refractivity contribution is 0.103. The van der Waals surface area contributed by atoms with Crippen LogP contribution in [0.1, 0.15) is 27.0 Å². The van der Waals surface area contributed by atoms with Gasteiger partial charge in [0.2, 0.25) is 0 Å². The molecular weight excluding hydrogens is 287 g/mol. The molecule has 0 saturated carbocycles. The Hall–Kier alpha value is -3.00. The van der Waals surface area contributed by atoms with Gasteiger partial charge in [-0.25, -0.2) is 4.39 Å². The lowest BCUT2D eigenvalue weighted by Gasteiger charge is -2.08. The van der Waals surface area contributed by atoms with E-state index in [1.807, 2.05) is 30.3 Å². The third-order valence-electron chi connectivity index (χ3n) is 3.72. The Morgan fingerprint density at radius 3 is 1.65 bits per heavy atom. The quantitative estimate of drug-likeness (QED) is 0.611. The molecular formula is C21H15FO. The summed E-state index contributed by atoms with van der Waals surface area (Å²) in [5, 5.41) is 0. The van der Waals surface area contributed by atoms with Crippen LogP contribution in [0.15, 0.2) is 85.4 Å². The molecule has 0 bridgehead atoms. The number of rotatable bonds is 4. The van der Waals surface area contributed by atoms with Crippen molar-refractivity contribution >= 4 is 11.4 Å². The van der Waals surface area contributed by atoms with E-state index in [9.17, 15) is 9.18 Å². The predicted molar refractivity (Wildman–Crippen MR) is 90.9 cm³/mol. The Morgan fingerprint density at radius 2 is 1.09 bits per heavy atom. The fourth-order valence-electron chi connectivity index (χ4n) is 2.40. The lowest BCUT2D eigenvalue weighted by atomic mass is 9.96. The van der Waals surface area contributed by atoms with Crippen LogP contribution in [-0.4, -0.2) is 5.78 Å². The van der Waals surface area contributed by atoms with Crippen molar-refractivity contribution in [3.63, 3.8) is 0 Å². The fraction of sp³-hybridized carbons (Fsp3) is 0. The Morgan fingerprint density at radius 1 is 0.652 bits per heavy atom. The van der Waals surface area contributed by atoms with Crippen molar-refractivity contribution in [2.24, 2.45) is 0 Å². The van der Waals surface area contributed by atoms with Crippen LogP contribution in [0.5, 0.6) is 0 Å². The minimum absolute atomic E-state index is 0.00968. The number of carbonyl (C=O) groups excluding carboxylic acids is 1.